The van der Waals surface area contributed by atoms with Gasteiger partial charge in [0.15, 0.2) is 0 Å². The zero-order chi connectivity index (χ0) is 16.3. The van der Waals surface area contributed by atoms with E-state index in [1.807, 2.05) is 24.3 Å². The second-order valence-electron chi connectivity index (χ2n) is 5.20. The van der Waals surface area contributed by atoms with Gasteiger partial charge in [0, 0.05) is 26.8 Å². The fourth-order valence-corrected chi connectivity index (χ4v) is 2.14. The fraction of sp³-hybridized carbons (Fsp3) is 0.333. The molecule has 2 N–H and O–H groups in total. The van der Waals surface area contributed by atoms with Gasteiger partial charge < -0.3 is 15.4 Å². The number of hydrogen-bond acceptors (Lipinski definition) is 4. The number of nitrogens with zero attached hydrogens (tertiary/aromatic N) is 1. The molecule has 1 aromatic carbocycles. The van der Waals surface area contributed by atoms with E-state index in [-0.39, 0.29) is 5.91 Å². The van der Waals surface area contributed by atoms with Gasteiger partial charge in [0.25, 0.3) is 5.91 Å². The molecular formula is C18H23N3O2. The number of nitrogens with one attached hydrogen (secondary N) is 2. The van der Waals surface area contributed by atoms with E-state index >= 15 is 0 Å². The van der Waals surface area contributed by atoms with Crippen LogP contribution in [0.15, 0.2) is 48.7 Å². The maximum absolute atomic E-state index is 11.9. The average Bonchev–Trinajstić information content (AvgIpc) is 2.60. The smallest absolute Gasteiger partial charge is 0.269 e. The quantitative estimate of drug-likeness (QED) is 0.698. The number of rotatable bonds is 9. The van der Waals surface area contributed by atoms with Crippen molar-refractivity contribution in [3.8, 4) is 0 Å². The molecule has 0 spiro atoms. The molecule has 0 fully saturated rings. The molecule has 0 atom stereocenters. The third-order valence-corrected chi connectivity index (χ3v) is 3.39. The highest BCUT2D eigenvalue weighted by atomic mass is 16.5. The number of pyridine rings is 1. The molecule has 0 bridgehead atoms. The number of methoxy groups -OCH3 is 1. The first-order valence-corrected chi connectivity index (χ1v) is 7.80. The number of anilines is 1. The van der Waals surface area contributed by atoms with Gasteiger partial charge in [-0.1, -0.05) is 30.3 Å². The monoisotopic (exact) mass is 313 g/mol. The van der Waals surface area contributed by atoms with Gasteiger partial charge in [-0.15, -0.1) is 0 Å². The van der Waals surface area contributed by atoms with Crippen LogP contribution < -0.4 is 10.6 Å². The van der Waals surface area contributed by atoms with Gasteiger partial charge in [0.05, 0.1) is 11.9 Å². The Labute approximate surface area is 137 Å². The van der Waals surface area contributed by atoms with Crippen LogP contribution in [0.25, 0.3) is 0 Å². The molecule has 122 valence electrons. The summed E-state index contributed by atoms with van der Waals surface area (Å²) in [5.74, 6) is -0.156. The van der Waals surface area contributed by atoms with Crippen molar-refractivity contribution >= 4 is 11.6 Å². The molecule has 1 amide bonds. The maximum atomic E-state index is 11.9. The summed E-state index contributed by atoms with van der Waals surface area (Å²) in [7, 11) is 1.65. The summed E-state index contributed by atoms with van der Waals surface area (Å²) < 4.78 is 4.94. The van der Waals surface area contributed by atoms with E-state index in [9.17, 15) is 4.79 Å². The van der Waals surface area contributed by atoms with Gasteiger partial charge in [-0.25, -0.2) is 4.98 Å². The number of carbonyl (C=O) groups excluding carboxylic acids is 1. The lowest BCUT2D eigenvalue weighted by Crippen LogP contribution is -2.26. The Kier molecular flexibility index (Phi) is 7.07. The van der Waals surface area contributed by atoms with Crippen LogP contribution in [0.5, 0.6) is 0 Å². The SMILES string of the molecule is COCCCNC(=O)c1ccc(NCCc2ccccc2)cn1. The fourth-order valence-electron chi connectivity index (χ4n) is 2.14. The Morgan fingerprint density at radius 3 is 2.65 bits per heavy atom. The summed E-state index contributed by atoms with van der Waals surface area (Å²) in [5, 5.41) is 6.12. The normalized spacial score (nSPS) is 10.3. The average molecular weight is 313 g/mol. The van der Waals surface area contributed by atoms with Gasteiger partial charge in [0.2, 0.25) is 0 Å². The molecule has 1 aromatic heterocycles. The minimum atomic E-state index is -0.156. The van der Waals surface area contributed by atoms with Crippen molar-refractivity contribution in [2.45, 2.75) is 12.8 Å². The largest absolute Gasteiger partial charge is 0.385 e. The van der Waals surface area contributed by atoms with Gasteiger partial charge >= 0.3 is 0 Å². The minimum Gasteiger partial charge on any atom is -0.385 e. The highest BCUT2D eigenvalue weighted by molar-refractivity contribution is 5.92. The van der Waals surface area contributed by atoms with E-state index in [2.05, 4.69) is 27.8 Å². The zero-order valence-corrected chi connectivity index (χ0v) is 13.4. The standard InChI is InChI=1S/C18H23N3O2/c1-23-13-5-11-20-18(22)17-9-8-16(14-21-17)19-12-10-15-6-3-2-4-7-15/h2-4,6-9,14,19H,5,10-13H2,1H3,(H,20,22). The lowest BCUT2D eigenvalue weighted by Gasteiger charge is -2.08. The molecular weight excluding hydrogens is 290 g/mol. The molecule has 0 aliphatic carbocycles. The topological polar surface area (TPSA) is 63.2 Å². The number of ether oxygens (including phenoxy) is 1. The van der Waals surface area contributed by atoms with Crippen molar-refractivity contribution in [2.75, 3.05) is 32.1 Å². The molecule has 0 aliphatic heterocycles. The number of hydrogen-bond donors (Lipinski definition) is 2. The Morgan fingerprint density at radius 2 is 1.96 bits per heavy atom. The summed E-state index contributed by atoms with van der Waals surface area (Å²) in [4.78, 5) is 16.1. The summed E-state index contributed by atoms with van der Waals surface area (Å²) in [6, 6.07) is 13.9. The summed E-state index contributed by atoms with van der Waals surface area (Å²) in [6.07, 6.45) is 3.43. The summed E-state index contributed by atoms with van der Waals surface area (Å²) >= 11 is 0. The van der Waals surface area contributed by atoms with E-state index in [4.69, 9.17) is 4.74 Å². The van der Waals surface area contributed by atoms with Crippen molar-refractivity contribution < 1.29 is 9.53 Å². The minimum absolute atomic E-state index is 0.156. The van der Waals surface area contributed by atoms with Crippen LogP contribution in [0.4, 0.5) is 5.69 Å². The number of amides is 1. The van der Waals surface area contributed by atoms with Gasteiger partial charge in [-0.3, -0.25) is 4.79 Å². The second kappa shape index (κ2) is 9.58. The van der Waals surface area contributed by atoms with Crippen molar-refractivity contribution in [3.63, 3.8) is 0 Å². The molecule has 5 heteroatoms. The molecule has 0 saturated carbocycles. The van der Waals surface area contributed by atoms with Crippen LogP contribution in [0.3, 0.4) is 0 Å². The predicted molar refractivity (Wildman–Crippen MR) is 91.7 cm³/mol. The van der Waals surface area contributed by atoms with Crippen LogP contribution in [-0.4, -0.2) is 37.7 Å². The van der Waals surface area contributed by atoms with E-state index in [1.165, 1.54) is 5.56 Å². The molecule has 5 nitrogen and oxygen atoms in total. The first-order chi connectivity index (χ1) is 11.3. The molecule has 0 saturated heterocycles. The van der Waals surface area contributed by atoms with Crippen LogP contribution in [0.2, 0.25) is 0 Å². The number of aromatic nitrogens is 1. The van der Waals surface area contributed by atoms with Crippen molar-refractivity contribution in [1.82, 2.24) is 10.3 Å². The molecule has 0 radical (unpaired) electrons. The lowest BCUT2D eigenvalue weighted by molar-refractivity contribution is 0.0943. The Balaban J connectivity index is 1.74. The van der Waals surface area contributed by atoms with Gasteiger partial charge in [0.1, 0.15) is 5.69 Å². The highest BCUT2D eigenvalue weighted by Gasteiger charge is 2.06. The summed E-state index contributed by atoms with van der Waals surface area (Å²) in [6.45, 7) is 2.05. The van der Waals surface area contributed by atoms with Crippen LogP contribution in [-0.2, 0) is 11.2 Å². The molecule has 2 rings (SSSR count). The van der Waals surface area contributed by atoms with Crippen LogP contribution in [0.1, 0.15) is 22.5 Å². The van der Waals surface area contributed by atoms with E-state index in [0.717, 1.165) is 25.1 Å². The van der Waals surface area contributed by atoms with Crippen molar-refractivity contribution in [3.05, 3.63) is 59.9 Å². The van der Waals surface area contributed by atoms with Crippen molar-refractivity contribution in [1.29, 1.82) is 0 Å². The summed E-state index contributed by atoms with van der Waals surface area (Å²) in [5.41, 5.74) is 2.63. The van der Waals surface area contributed by atoms with Gasteiger partial charge in [-0.2, -0.15) is 0 Å². The lowest BCUT2D eigenvalue weighted by atomic mass is 10.1. The molecule has 0 unspecified atom stereocenters. The van der Waals surface area contributed by atoms with Crippen molar-refractivity contribution in [2.24, 2.45) is 0 Å². The molecule has 0 aliphatic rings. The third-order valence-electron chi connectivity index (χ3n) is 3.39. The maximum Gasteiger partial charge on any atom is 0.269 e. The first-order valence-electron chi connectivity index (χ1n) is 7.80. The Bertz CT molecular complexity index is 585. The predicted octanol–water partition coefficient (Wildman–Crippen LogP) is 2.50. The molecule has 1 heterocycles. The second-order valence-corrected chi connectivity index (χ2v) is 5.20. The highest BCUT2D eigenvalue weighted by Crippen LogP contribution is 2.07. The number of benzene rings is 1. The number of carbonyl (C=O) groups is 1. The van der Waals surface area contributed by atoms with Crippen LogP contribution >= 0.6 is 0 Å². The third kappa shape index (κ3) is 6.08. The van der Waals surface area contributed by atoms with E-state index < -0.39 is 0 Å². The first kappa shape index (κ1) is 17.0. The van der Waals surface area contributed by atoms with E-state index in [1.54, 1.807) is 19.4 Å². The van der Waals surface area contributed by atoms with Gasteiger partial charge in [-0.05, 0) is 30.5 Å². The zero-order valence-electron chi connectivity index (χ0n) is 13.4. The Morgan fingerprint density at radius 1 is 1.13 bits per heavy atom. The molecule has 23 heavy (non-hydrogen) atoms. The molecule has 2 aromatic rings. The Hall–Kier alpha value is -2.40. The van der Waals surface area contributed by atoms with Crippen LogP contribution in [0, 0.1) is 0 Å². The van der Waals surface area contributed by atoms with E-state index in [0.29, 0.717) is 18.8 Å².